The van der Waals surface area contributed by atoms with Gasteiger partial charge in [-0.1, -0.05) is 29.8 Å². The number of carbonyl (C=O) groups excluding carboxylic acids is 1. The van der Waals surface area contributed by atoms with Crippen LogP contribution in [0.2, 0.25) is 0 Å². The fourth-order valence-corrected chi connectivity index (χ4v) is 2.61. The van der Waals surface area contributed by atoms with E-state index in [1.165, 1.54) is 12.3 Å². The Morgan fingerprint density at radius 1 is 1.21 bits per heavy atom. The molecule has 1 aromatic carbocycles. The van der Waals surface area contributed by atoms with Gasteiger partial charge in [-0.05, 0) is 24.6 Å². The standard InChI is InChI=1S/C20H17N5O3/c1-12-2-4-13(5-3-12)16-17(18(22)27)24-19(25-20(16)28-9-8-26)14-6-7-23-15(10-14)11-21/h2-7,10,26H,8-9H2,1H3,(H2,22,27). The smallest absolute Gasteiger partial charge is 0.268 e. The third-order valence-electron chi connectivity index (χ3n) is 3.91. The van der Waals surface area contributed by atoms with Crippen molar-refractivity contribution in [3.63, 3.8) is 0 Å². The number of pyridine rings is 1. The molecule has 3 N–H and O–H groups in total. The summed E-state index contributed by atoms with van der Waals surface area (Å²) in [4.78, 5) is 24.8. The molecule has 0 radical (unpaired) electrons. The van der Waals surface area contributed by atoms with Crippen LogP contribution in [-0.2, 0) is 0 Å². The zero-order chi connectivity index (χ0) is 20.1. The first-order valence-corrected chi connectivity index (χ1v) is 8.42. The van der Waals surface area contributed by atoms with Gasteiger partial charge >= 0.3 is 0 Å². The van der Waals surface area contributed by atoms with Crippen LogP contribution in [0, 0.1) is 18.3 Å². The van der Waals surface area contributed by atoms with E-state index < -0.39 is 5.91 Å². The molecule has 0 aliphatic heterocycles. The Hall–Kier alpha value is -3.83. The number of ether oxygens (including phenoxy) is 1. The molecule has 8 nitrogen and oxygen atoms in total. The molecule has 0 fully saturated rings. The van der Waals surface area contributed by atoms with Gasteiger partial charge < -0.3 is 15.6 Å². The lowest BCUT2D eigenvalue weighted by Crippen LogP contribution is -2.17. The number of aryl methyl sites for hydroxylation is 1. The predicted octanol–water partition coefficient (Wildman–Crippen LogP) is 1.86. The number of primary amides is 1. The van der Waals surface area contributed by atoms with Crippen LogP contribution in [0.1, 0.15) is 21.7 Å². The molecule has 0 saturated heterocycles. The summed E-state index contributed by atoms with van der Waals surface area (Å²) in [7, 11) is 0. The maximum atomic E-state index is 12.2. The minimum Gasteiger partial charge on any atom is -0.475 e. The van der Waals surface area contributed by atoms with Crippen LogP contribution in [0.5, 0.6) is 5.88 Å². The van der Waals surface area contributed by atoms with Crippen LogP contribution in [-0.4, -0.2) is 39.2 Å². The molecule has 1 amide bonds. The van der Waals surface area contributed by atoms with Crippen molar-refractivity contribution in [1.82, 2.24) is 15.0 Å². The monoisotopic (exact) mass is 375 g/mol. The average molecular weight is 375 g/mol. The maximum Gasteiger partial charge on any atom is 0.268 e. The molecule has 2 aromatic heterocycles. The number of aliphatic hydroxyl groups excluding tert-OH is 1. The summed E-state index contributed by atoms with van der Waals surface area (Å²) < 4.78 is 5.59. The van der Waals surface area contributed by atoms with Crippen LogP contribution in [0.25, 0.3) is 22.5 Å². The molecule has 0 bridgehead atoms. The number of benzene rings is 1. The zero-order valence-electron chi connectivity index (χ0n) is 15.1. The fraction of sp³-hybridized carbons (Fsp3) is 0.150. The highest BCUT2D eigenvalue weighted by molar-refractivity contribution is 5.99. The van der Waals surface area contributed by atoms with Gasteiger partial charge in [-0.25, -0.2) is 9.97 Å². The third kappa shape index (κ3) is 3.95. The number of rotatable bonds is 6. The normalized spacial score (nSPS) is 10.3. The number of hydrogen-bond donors (Lipinski definition) is 2. The van der Waals surface area contributed by atoms with E-state index >= 15 is 0 Å². The van der Waals surface area contributed by atoms with Gasteiger partial charge in [0.05, 0.1) is 12.2 Å². The first-order chi connectivity index (χ1) is 13.5. The lowest BCUT2D eigenvalue weighted by atomic mass is 10.0. The van der Waals surface area contributed by atoms with E-state index in [0.717, 1.165) is 5.56 Å². The van der Waals surface area contributed by atoms with E-state index in [2.05, 4.69) is 15.0 Å². The summed E-state index contributed by atoms with van der Waals surface area (Å²) in [5, 5.41) is 18.2. The molecule has 0 aliphatic rings. The molecular formula is C20H17N5O3. The van der Waals surface area contributed by atoms with E-state index in [-0.39, 0.29) is 36.3 Å². The second kappa shape index (κ2) is 8.24. The fourth-order valence-electron chi connectivity index (χ4n) is 2.61. The summed E-state index contributed by atoms with van der Waals surface area (Å²) in [5.41, 5.74) is 8.28. The summed E-state index contributed by atoms with van der Waals surface area (Å²) >= 11 is 0. The van der Waals surface area contributed by atoms with Crippen molar-refractivity contribution in [3.8, 4) is 34.5 Å². The van der Waals surface area contributed by atoms with Crippen molar-refractivity contribution in [3.05, 3.63) is 59.5 Å². The Kier molecular flexibility index (Phi) is 5.58. The highest BCUT2D eigenvalue weighted by atomic mass is 16.5. The topological polar surface area (TPSA) is 135 Å². The SMILES string of the molecule is Cc1ccc(-c2c(OCCO)nc(-c3ccnc(C#N)c3)nc2C(N)=O)cc1. The molecule has 0 saturated carbocycles. The number of amides is 1. The average Bonchev–Trinajstić information content (AvgIpc) is 2.72. The number of aromatic nitrogens is 3. The molecule has 2 heterocycles. The quantitative estimate of drug-likeness (QED) is 0.671. The van der Waals surface area contributed by atoms with Crippen LogP contribution in [0.3, 0.4) is 0 Å². The van der Waals surface area contributed by atoms with Crippen molar-refractivity contribution in [2.45, 2.75) is 6.92 Å². The van der Waals surface area contributed by atoms with Gasteiger partial charge in [0, 0.05) is 11.8 Å². The Morgan fingerprint density at radius 2 is 1.96 bits per heavy atom. The van der Waals surface area contributed by atoms with E-state index in [0.29, 0.717) is 16.7 Å². The second-order valence-electron chi connectivity index (χ2n) is 5.92. The van der Waals surface area contributed by atoms with Crippen LogP contribution in [0.15, 0.2) is 42.6 Å². The van der Waals surface area contributed by atoms with Crippen LogP contribution < -0.4 is 10.5 Å². The van der Waals surface area contributed by atoms with Crippen molar-refractivity contribution in [2.24, 2.45) is 5.73 Å². The van der Waals surface area contributed by atoms with E-state index in [9.17, 15) is 4.79 Å². The number of nitrogens with two attached hydrogens (primary N) is 1. The predicted molar refractivity (Wildman–Crippen MR) is 101 cm³/mol. The van der Waals surface area contributed by atoms with Crippen molar-refractivity contribution in [1.29, 1.82) is 5.26 Å². The van der Waals surface area contributed by atoms with E-state index in [4.69, 9.17) is 20.8 Å². The van der Waals surface area contributed by atoms with Crippen LogP contribution in [0.4, 0.5) is 0 Å². The molecule has 0 unspecified atom stereocenters. The summed E-state index contributed by atoms with van der Waals surface area (Å²) in [6.07, 6.45) is 1.45. The molecule has 0 spiro atoms. The number of carbonyl (C=O) groups is 1. The zero-order valence-corrected chi connectivity index (χ0v) is 15.1. The first-order valence-electron chi connectivity index (χ1n) is 8.42. The molecule has 0 aliphatic carbocycles. The van der Waals surface area contributed by atoms with Gasteiger partial charge in [-0.2, -0.15) is 10.2 Å². The first kappa shape index (κ1) is 18.9. The summed E-state index contributed by atoms with van der Waals surface area (Å²) in [6, 6.07) is 12.4. The van der Waals surface area contributed by atoms with Crippen molar-refractivity contribution in [2.75, 3.05) is 13.2 Å². The lowest BCUT2D eigenvalue weighted by Gasteiger charge is -2.15. The van der Waals surface area contributed by atoms with Crippen molar-refractivity contribution >= 4 is 5.91 Å². The van der Waals surface area contributed by atoms with Gasteiger partial charge in [-0.3, -0.25) is 4.79 Å². The minimum absolute atomic E-state index is 0.0166. The number of hydrogen-bond acceptors (Lipinski definition) is 7. The molecule has 140 valence electrons. The summed E-state index contributed by atoms with van der Waals surface area (Å²) in [5.74, 6) is -0.467. The third-order valence-corrected chi connectivity index (χ3v) is 3.91. The lowest BCUT2D eigenvalue weighted by molar-refractivity contribution is 0.0995. The van der Waals surface area contributed by atoms with Gasteiger partial charge in [-0.15, -0.1) is 0 Å². The Morgan fingerprint density at radius 3 is 2.61 bits per heavy atom. The molecule has 3 aromatic rings. The summed E-state index contributed by atoms with van der Waals surface area (Å²) in [6.45, 7) is 1.69. The van der Waals surface area contributed by atoms with E-state index in [1.54, 1.807) is 6.07 Å². The Balaban J connectivity index is 2.24. The van der Waals surface area contributed by atoms with Gasteiger partial charge in [0.2, 0.25) is 5.88 Å². The van der Waals surface area contributed by atoms with Gasteiger partial charge in [0.25, 0.3) is 5.91 Å². The van der Waals surface area contributed by atoms with Gasteiger partial charge in [0.15, 0.2) is 5.82 Å². The second-order valence-corrected chi connectivity index (χ2v) is 5.92. The van der Waals surface area contributed by atoms with Crippen molar-refractivity contribution < 1.29 is 14.6 Å². The van der Waals surface area contributed by atoms with E-state index in [1.807, 2.05) is 37.3 Å². The number of nitriles is 1. The Bertz CT molecular complexity index is 1060. The molecule has 8 heteroatoms. The molecule has 3 rings (SSSR count). The maximum absolute atomic E-state index is 12.2. The highest BCUT2D eigenvalue weighted by Crippen LogP contribution is 2.33. The van der Waals surface area contributed by atoms with Gasteiger partial charge in [0.1, 0.15) is 24.1 Å². The molecule has 28 heavy (non-hydrogen) atoms. The molecular weight excluding hydrogens is 358 g/mol. The molecule has 0 atom stereocenters. The number of nitrogens with zero attached hydrogens (tertiary/aromatic N) is 4. The highest BCUT2D eigenvalue weighted by Gasteiger charge is 2.22. The van der Waals surface area contributed by atoms with Crippen LogP contribution >= 0.6 is 0 Å². The minimum atomic E-state index is -0.748. The largest absolute Gasteiger partial charge is 0.475 e. The number of aliphatic hydroxyl groups is 1. The Labute approximate surface area is 161 Å².